The summed E-state index contributed by atoms with van der Waals surface area (Å²) in [5, 5.41) is 3.24. The number of nitrogens with one attached hydrogen (secondary N) is 1. The Labute approximate surface area is 149 Å². The van der Waals surface area contributed by atoms with Crippen LogP contribution in [0.4, 0.5) is 8.78 Å². The van der Waals surface area contributed by atoms with E-state index in [0.717, 1.165) is 18.0 Å². The molecule has 0 saturated carbocycles. The van der Waals surface area contributed by atoms with Crippen LogP contribution in [0, 0.1) is 11.6 Å². The van der Waals surface area contributed by atoms with Crippen LogP contribution in [0.1, 0.15) is 35.1 Å². The average Bonchev–Trinajstić information content (AvgIpc) is 3.05. The molecule has 1 unspecified atom stereocenters. The predicted molar refractivity (Wildman–Crippen MR) is 90.5 cm³/mol. The van der Waals surface area contributed by atoms with Crippen LogP contribution in [0.25, 0.3) is 0 Å². The number of hydrogen-bond acceptors (Lipinski definition) is 4. The number of benzene rings is 1. The zero-order valence-electron chi connectivity index (χ0n) is 14.4. The first kappa shape index (κ1) is 18.2. The van der Waals surface area contributed by atoms with Crippen LogP contribution in [0.3, 0.4) is 0 Å². The van der Waals surface area contributed by atoms with Gasteiger partial charge in [-0.25, -0.2) is 13.8 Å². The molecule has 138 valence electrons. The predicted octanol–water partition coefficient (Wildman–Crippen LogP) is 1.83. The van der Waals surface area contributed by atoms with Gasteiger partial charge in [0.2, 0.25) is 5.91 Å². The first-order valence-corrected chi connectivity index (χ1v) is 8.43. The molecule has 1 fully saturated rings. The molecule has 6 nitrogen and oxygen atoms in total. The molecule has 1 aliphatic rings. The number of carbonyl (C=O) groups is 2. The maximum atomic E-state index is 13.7. The van der Waals surface area contributed by atoms with E-state index in [4.69, 9.17) is 0 Å². The third-order valence-electron chi connectivity index (χ3n) is 4.52. The highest BCUT2D eigenvalue weighted by Gasteiger charge is 2.30. The number of piperazine rings is 1. The minimum Gasteiger partial charge on any atom is -0.336 e. The number of amides is 1. The van der Waals surface area contributed by atoms with Gasteiger partial charge < -0.3 is 14.8 Å². The Morgan fingerprint density at radius 3 is 2.81 bits per heavy atom. The lowest BCUT2D eigenvalue weighted by Gasteiger charge is -2.35. The fourth-order valence-electron chi connectivity index (χ4n) is 3.15. The molecule has 1 N–H and O–H groups in total. The van der Waals surface area contributed by atoms with Crippen molar-refractivity contribution < 1.29 is 18.4 Å². The lowest BCUT2D eigenvalue weighted by atomic mass is 10.0. The zero-order chi connectivity index (χ0) is 18.7. The number of aromatic nitrogens is 2. The molecule has 1 saturated heterocycles. The van der Waals surface area contributed by atoms with Gasteiger partial charge in [0, 0.05) is 58.0 Å². The second-order valence-electron chi connectivity index (χ2n) is 6.25. The molecule has 1 atom stereocenters. The van der Waals surface area contributed by atoms with Crippen LogP contribution >= 0.6 is 0 Å². The van der Waals surface area contributed by atoms with Crippen LogP contribution in [-0.2, 0) is 11.8 Å². The van der Waals surface area contributed by atoms with Crippen LogP contribution < -0.4 is 5.32 Å². The Balaban J connectivity index is 1.66. The van der Waals surface area contributed by atoms with E-state index < -0.39 is 17.4 Å². The number of ketones is 1. The summed E-state index contributed by atoms with van der Waals surface area (Å²) in [6, 6.07) is 2.60. The zero-order valence-corrected chi connectivity index (χ0v) is 14.4. The topological polar surface area (TPSA) is 67.2 Å². The Hall–Kier alpha value is -2.61. The van der Waals surface area contributed by atoms with Gasteiger partial charge in [-0.1, -0.05) is 0 Å². The Morgan fingerprint density at radius 2 is 2.12 bits per heavy atom. The molecule has 2 aromatic rings. The molecule has 0 aliphatic carbocycles. The largest absolute Gasteiger partial charge is 0.336 e. The summed E-state index contributed by atoms with van der Waals surface area (Å²) in [5.74, 6) is -1.58. The number of nitrogens with zero attached hydrogens (tertiary/aromatic N) is 3. The molecule has 2 heterocycles. The van der Waals surface area contributed by atoms with Gasteiger partial charge in [0.1, 0.15) is 23.5 Å². The van der Waals surface area contributed by atoms with Crippen molar-refractivity contribution >= 4 is 11.7 Å². The van der Waals surface area contributed by atoms with Crippen molar-refractivity contribution in [3.05, 3.63) is 53.6 Å². The van der Waals surface area contributed by atoms with E-state index in [-0.39, 0.29) is 30.4 Å². The Bertz CT molecular complexity index is 821. The molecule has 0 bridgehead atoms. The Kier molecular flexibility index (Phi) is 5.41. The molecule has 1 aromatic carbocycles. The van der Waals surface area contributed by atoms with Crippen LogP contribution in [0.2, 0.25) is 0 Å². The second-order valence-corrected chi connectivity index (χ2v) is 6.25. The van der Waals surface area contributed by atoms with Crippen molar-refractivity contribution in [2.75, 3.05) is 19.6 Å². The summed E-state index contributed by atoms with van der Waals surface area (Å²) in [6.07, 6.45) is 3.33. The monoisotopic (exact) mass is 362 g/mol. The minimum absolute atomic E-state index is 0.0312. The van der Waals surface area contributed by atoms with Gasteiger partial charge in [-0.05, 0) is 12.1 Å². The first-order valence-electron chi connectivity index (χ1n) is 8.43. The number of rotatable bonds is 5. The number of aryl methyl sites for hydroxylation is 1. The molecule has 1 aliphatic heterocycles. The lowest BCUT2D eigenvalue weighted by Crippen LogP contribution is -2.49. The summed E-state index contributed by atoms with van der Waals surface area (Å²) in [7, 11) is 1.86. The Morgan fingerprint density at radius 1 is 1.31 bits per heavy atom. The fraction of sp³-hybridized carbons (Fsp3) is 0.389. The van der Waals surface area contributed by atoms with Gasteiger partial charge in [-0.3, -0.25) is 9.59 Å². The van der Waals surface area contributed by atoms with E-state index in [1.54, 1.807) is 11.1 Å². The molecule has 0 spiro atoms. The third kappa shape index (κ3) is 3.80. The maximum absolute atomic E-state index is 13.7. The average molecular weight is 362 g/mol. The van der Waals surface area contributed by atoms with E-state index in [2.05, 4.69) is 10.3 Å². The second kappa shape index (κ2) is 7.74. The van der Waals surface area contributed by atoms with Crippen LogP contribution in [0.5, 0.6) is 0 Å². The van der Waals surface area contributed by atoms with Crippen molar-refractivity contribution in [3.63, 3.8) is 0 Å². The van der Waals surface area contributed by atoms with Gasteiger partial charge in [0.25, 0.3) is 0 Å². The van der Waals surface area contributed by atoms with Crippen LogP contribution in [-0.4, -0.2) is 45.8 Å². The van der Waals surface area contributed by atoms with E-state index in [9.17, 15) is 18.4 Å². The molecular formula is C18H20F2N4O2. The third-order valence-corrected chi connectivity index (χ3v) is 4.52. The normalized spacial score (nSPS) is 17.3. The molecule has 0 radical (unpaired) electrons. The van der Waals surface area contributed by atoms with Gasteiger partial charge >= 0.3 is 0 Å². The van der Waals surface area contributed by atoms with E-state index >= 15 is 0 Å². The summed E-state index contributed by atoms with van der Waals surface area (Å²) in [6.45, 7) is 1.75. The molecule has 3 rings (SSSR count). The highest BCUT2D eigenvalue weighted by atomic mass is 19.1. The smallest absolute Gasteiger partial charge is 0.223 e. The standard InChI is InChI=1S/C18H20F2N4O2/c1-23-8-7-22-18(23)15-11-21-6-9-24(15)17(26)5-4-16(25)13-3-2-12(19)10-14(13)20/h2-3,7-8,10,15,21H,4-6,9,11H2,1H3. The van der Waals surface area contributed by atoms with Crippen molar-refractivity contribution in [2.45, 2.75) is 18.9 Å². The molecule has 1 amide bonds. The van der Waals surface area contributed by atoms with Crippen molar-refractivity contribution in [1.82, 2.24) is 19.8 Å². The van der Waals surface area contributed by atoms with Crippen molar-refractivity contribution in [1.29, 1.82) is 0 Å². The van der Waals surface area contributed by atoms with E-state index in [1.807, 2.05) is 17.8 Å². The lowest BCUT2D eigenvalue weighted by molar-refractivity contribution is -0.134. The SMILES string of the molecule is Cn1ccnc1C1CNCCN1C(=O)CCC(=O)c1ccc(F)cc1F. The highest BCUT2D eigenvalue weighted by Crippen LogP contribution is 2.22. The van der Waals surface area contributed by atoms with E-state index in [1.165, 1.54) is 0 Å². The summed E-state index contributed by atoms with van der Waals surface area (Å²) in [5.41, 5.74) is -0.194. The van der Waals surface area contributed by atoms with Crippen LogP contribution in [0.15, 0.2) is 30.6 Å². The summed E-state index contributed by atoms with van der Waals surface area (Å²) < 4.78 is 28.5. The molecule has 1 aromatic heterocycles. The molecule has 26 heavy (non-hydrogen) atoms. The number of halogens is 2. The quantitative estimate of drug-likeness (QED) is 0.824. The maximum Gasteiger partial charge on any atom is 0.223 e. The first-order chi connectivity index (χ1) is 12.5. The summed E-state index contributed by atoms with van der Waals surface area (Å²) in [4.78, 5) is 30.8. The van der Waals surface area contributed by atoms with Gasteiger partial charge in [0.05, 0.1) is 5.56 Å². The number of hydrogen-bond donors (Lipinski definition) is 1. The number of imidazole rings is 1. The van der Waals surface area contributed by atoms with Gasteiger partial charge in [-0.15, -0.1) is 0 Å². The fourth-order valence-corrected chi connectivity index (χ4v) is 3.15. The van der Waals surface area contributed by atoms with Crippen molar-refractivity contribution in [2.24, 2.45) is 7.05 Å². The van der Waals surface area contributed by atoms with Crippen molar-refractivity contribution in [3.8, 4) is 0 Å². The molecular weight excluding hydrogens is 342 g/mol. The highest BCUT2D eigenvalue weighted by molar-refractivity contribution is 5.98. The number of Topliss-reactive ketones (excluding diaryl/α,β-unsaturated/α-hetero) is 1. The number of carbonyl (C=O) groups excluding carboxylic acids is 2. The van der Waals surface area contributed by atoms with E-state index in [0.29, 0.717) is 25.7 Å². The minimum atomic E-state index is -0.907. The van der Waals surface area contributed by atoms with Gasteiger partial charge in [0.15, 0.2) is 5.78 Å². The summed E-state index contributed by atoms with van der Waals surface area (Å²) >= 11 is 0. The molecule has 8 heteroatoms. The van der Waals surface area contributed by atoms with Gasteiger partial charge in [-0.2, -0.15) is 0 Å².